The van der Waals surface area contributed by atoms with Crippen molar-refractivity contribution in [2.75, 3.05) is 18.9 Å². The number of phosphoric acid groups is 2. The van der Waals surface area contributed by atoms with Gasteiger partial charge in [0.25, 0.3) is 0 Å². The van der Waals surface area contributed by atoms with Crippen LogP contribution in [-0.2, 0) is 36.8 Å². The number of aliphatic hydroxyl groups excluding tert-OH is 4. The van der Waals surface area contributed by atoms with Crippen LogP contribution in [-0.4, -0.2) is 176 Å². The van der Waals surface area contributed by atoms with E-state index in [4.69, 9.17) is 30.0 Å². The number of primary amides is 1. The molecule has 0 aromatic carbocycles. The summed E-state index contributed by atoms with van der Waals surface area (Å²) in [4.78, 5) is 44.6. The number of hydrogen-bond donors (Lipinski definition) is 8. The second kappa shape index (κ2) is 15.8. The van der Waals surface area contributed by atoms with E-state index in [9.17, 15) is 44.1 Å². The number of nitrogens with zero attached hydrogens (tertiary/aromatic N) is 5. The standard InChI is InChI=1S/C21H29N7O14P2.2Na/c22-17-12-19(25-7-24-17)28(8-26-12)21-16(32)14(30)11(41-21)6-39-44(36,37)42-43(34,35)38-5-10-13(29)15(31)20(40-10)27-3-1-2-9(4-27)18(23)33;;/h1,3-4,7-8,10-11,13-16,20-21,29-32H,2,5-6H2,(H2,23,33)(H,34,35)(H,36,37)(H2,22,24,25);;/t10-,11-,13-,14-,15-,16-,20-,21-;;/m1../s1. The summed E-state index contributed by atoms with van der Waals surface area (Å²) < 4.78 is 50.8. The third-order valence-corrected chi connectivity index (χ3v) is 9.48. The summed E-state index contributed by atoms with van der Waals surface area (Å²) >= 11 is 0. The van der Waals surface area contributed by atoms with Crippen molar-refractivity contribution in [1.82, 2.24) is 24.4 Å². The Balaban J connectivity index is 0.00000288. The number of carbonyl (C=O) groups excluding carboxylic acids is 1. The molecule has 244 valence electrons. The van der Waals surface area contributed by atoms with Gasteiger partial charge in [-0.1, -0.05) is 6.08 Å². The summed E-state index contributed by atoms with van der Waals surface area (Å²) in [6, 6.07) is 0. The minimum Gasteiger partial charge on any atom is -0.387 e. The van der Waals surface area contributed by atoms with E-state index in [-0.39, 0.29) is 88.1 Å². The van der Waals surface area contributed by atoms with Crippen LogP contribution >= 0.6 is 15.6 Å². The molecular weight excluding hydrogens is 682 g/mol. The van der Waals surface area contributed by atoms with Crippen LogP contribution in [0.25, 0.3) is 11.2 Å². The molecular formula is C21H29N7Na2O14P2. The van der Waals surface area contributed by atoms with E-state index in [0.717, 1.165) is 6.33 Å². The average molecular weight is 711 g/mol. The molecule has 3 aliphatic rings. The molecule has 3 aliphatic heterocycles. The minimum absolute atomic E-state index is 0. The van der Waals surface area contributed by atoms with Crippen LogP contribution in [0.3, 0.4) is 0 Å². The molecule has 25 heteroatoms. The van der Waals surface area contributed by atoms with Crippen LogP contribution in [0, 0.1) is 0 Å². The van der Waals surface area contributed by atoms with Crippen LogP contribution in [0.15, 0.2) is 36.7 Å². The number of allylic oxidation sites excluding steroid dienone is 1. The van der Waals surface area contributed by atoms with Crippen LogP contribution in [0.1, 0.15) is 12.6 Å². The largest absolute Gasteiger partial charge is 0.481 e. The minimum atomic E-state index is -5.37. The molecule has 10 N–H and O–H groups in total. The third-order valence-electron chi connectivity index (χ3n) is 6.88. The Morgan fingerprint density at radius 1 is 0.935 bits per heavy atom. The fraction of sp³-hybridized carbons (Fsp3) is 0.524. The van der Waals surface area contributed by atoms with Gasteiger partial charge in [0, 0.05) is 77.1 Å². The molecule has 5 heterocycles. The van der Waals surface area contributed by atoms with Gasteiger partial charge in [-0.25, -0.2) is 24.1 Å². The van der Waals surface area contributed by atoms with Crippen molar-refractivity contribution in [3.63, 3.8) is 0 Å². The van der Waals surface area contributed by atoms with Gasteiger partial charge in [0.05, 0.1) is 19.5 Å². The first-order chi connectivity index (χ1) is 20.7. The van der Waals surface area contributed by atoms with E-state index in [2.05, 4.69) is 19.3 Å². The number of nitrogens with two attached hydrogens (primary N) is 2. The quantitative estimate of drug-likeness (QED) is 0.0830. The number of anilines is 1. The number of rotatable bonds is 11. The van der Waals surface area contributed by atoms with E-state index in [1.165, 1.54) is 28.2 Å². The molecule has 0 spiro atoms. The number of aromatic nitrogens is 4. The van der Waals surface area contributed by atoms with Crippen LogP contribution in [0.5, 0.6) is 0 Å². The van der Waals surface area contributed by atoms with Crippen molar-refractivity contribution in [1.29, 1.82) is 0 Å². The van der Waals surface area contributed by atoms with Crippen molar-refractivity contribution >= 4 is 97.6 Å². The number of ether oxygens (including phenoxy) is 2. The number of phosphoric ester groups is 2. The fourth-order valence-electron chi connectivity index (χ4n) is 4.68. The van der Waals surface area contributed by atoms with Crippen molar-refractivity contribution in [3.05, 3.63) is 36.7 Å². The monoisotopic (exact) mass is 711 g/mol. The maximum atomic E-state index is 12.4. The van der Waals surface area contributed by atoms with Crippen molar-refractivity contribution < 1.29 is 67.0 Å². The summed E-state index contributed by atoms with van der Waals surface area (Å²) in [5.41, 5.74) is 11.6. The number of nitrogen functional groups attached to an aromatic ring is 1. The zero-order valence-electron chi connectivity index (χ0n) is 24.4. The first-order valence-corrected chi connectivity index (χ1v) is 15.7. The van der Waals surface area contributed by atoms with Gasteiger partial charge in [-0.3, -0.25) is 18.4 Å². The predicted molar refractivity (Wildman–Crippen MR) is 153 cm³/mol. The molecule has 2 aromatic heterocycles. The zero-order valence-corrected chi connectivity index (χ0v) is 30.2. The summed E-state index contributed by atoms with van der Waals surface area (Å²) in [5.74, 6) is -0.658. The van der Waals surface area contributed by atoms with Gasteiger partial charge in [-0.05, 0) is 6.42 Å². The summed E-state index contributed by atoms with van der Waals surface area (Å²) in [6.45, 7) is -1.79. The summed E-state index contributed by atoms with van der Waals surface area (Å²) in [6.07, 6.45) is -4.88. The summed E-state index contributed by atoms with van der Waals surface area (Å²) in [7, 11) is -10.7. The number of fused-ring (bicyclic) bond motifs is 1. The molecule has 2 unspecified atom stereocenters. The van der Waals surface area contributed by atoms with Gasteiger partial charge in [0.1, 0.15) is 48.5 Å². The van der Waals surface area contributed by atoms with Gasteiger partial charge >= 0.3 is 15.6 Å². The van der Waals surface area contributed by atoms with Gasteiger partial charge < -0.3 is 56.1 Å². The number of carbonyl (C=O) groups is 1. The normalized spacial score (nSPS) is 31.9. The molecule has 2 saturated heterocycles. The SMILES string of the molecule is NC(=O)C1=CN([C@@H]2O[C@H](COP(=O)(O)OP(=O)(O)OC[C@H]3O[C@@H](n4cnc5c(N)ncnc54)[C@H](O)[C@@H]3O)[C@@H](O)[C@H]2O)C=CC1.[Na].[Na]. The average Bonchev–Trinajstić information content (AvgIpc) is 3.61. The first-order valence-electron chi connectivity index (χ1n) is 12.7. The van der Waals surface area contributed by atoms with E-state index >= 15 is 0 Å². The Hall–Kier alpha value is -0.880. The Kier molecular flexibility index (Phi) is 13.6. The molecule has 1 amide bonds. The maximum Gasteiger partial charge on any atom is 0.481 e. The Morgan fingerprint density at radius 2 is 1.50 bits per heavy atom. The zero-order chi connectivity index (χ0) is 32.0. The fourth-order valence-corrected chi connectivity index (χ4v) is 6.77. The summed E-state index contributed by atoms with van der Waals surface area (Å²) in [5, 5.41) is 41.6. The Bertz CT molecular complexity index is 1570. The van der Waals surface area contributed by atoms with E-state index in [1.54, 1.807) is 6.08 Å². The Morgan fingerprint density at radius 3 is 2.09 bits per heavy atom. The molecule has 0 saturated carbocycles. The molecule has 21 nitrogen and oxygen atoms in total. The molecule has 0 aliphatic carbocycles. The van der Waals surface area contributed by atoms with Crippen molar-refractivity contribution in [3.8, 4) is 0 Å². The second-order valence-corrected chi connectivity index (χ2v) is 12.9. The molecule has 0 bridgehead atoms. The van der Waals surface area contributed by atoms with Gasteiger partial charge in [0.15, 0.2) is 23.9 Å². The van der Waals surface area contributed by atoms with Gasteiger partial charge in [-0.2, -0.15) is 4.31 Å². The van der Waals surface area contributed by atoms with Gasteiger partial charge in [-0.15, -0.1) is 0 Å². The Labute approximate surface area is 303 Å². The number of amides is 1. The van der Waals surface area contributed by atoms with Crippen LogP contribution < -0.4 is 11.5 Å². The molecule has 10 atom stereocenters. The van der Waals surface area contributed by atoms with E-state index in [1.807, 2.05) is 0 Å². The second-order valence-electron chi connectivity index (χ2n) is 9.84. The molecule has 2 radical (unpaired) electrons. The van der Waals surface area contributed by atoms with E-state index in [0.29, 0.717) is 0 Å². The number of aliphatic hydroxyl groups is 4. The maximum absolute atomic E-state index is 12.4. The van der Waals surface area contributed by atoms with E-state index < -0.39 is 83.8 Å². The predicted octanol–water partition coefficient (Wildman–Crippen LogP) is -3.45. The molecule has 5 rings (SSSR count). The molecule has 2 fully saturated rings. The number of imidazole rings is 1. The number of hydrogen-bond acceptors (Lipinski definition) is 17. The van der Waals surface area contributed by atoms with Gasteiger partial charge in [0.2, 0.25) is 5.91 Å². The van der Waals surface area contributed by atoms with Crippen LogP contribution in [0.2, 0.25) is 0 Å². The molecule has 2 aromatic rings. The van der Waals surface area contributed by atoms with Crippen molar-refractivity contribution in [2.24, 2.45) is 5.73 Å². The first kappa shape index (κ1) is 39.6. The molecule has 46 heavy (non-hydrogen) atoms. The van der Waals surface area contributed by atoms with Crippen molar-refractivity contribution in [2.45, 2.75) is 55.5 Å². The third kappa shape index (κ3) is 8.64. The topological polar surface area (TPSA) is 318 Å². The smallest absolute Gasteiger partial charge is 0.387 e. The van der Waals surface area contributed by atoms with Crippen LogP contribution in [0.4, 0.5) is 5.82 Å².